The van der Waals surface area contributed by atoms with Gasteiger partial charge in [-0.05, 0) is 153 Å². The number of aryl methyl sites for hydroxylation is 2. The lowest BCUT2D eigenvalue weighted by Gasteiger charge is -2.23. The van der Waals surface area contributed by atoms with Crippen molar-refractivity contribution < 1.29 is 46.4 Å². The Labute approximate surface area is 371 Å². The third-order valence-corrected chi connectivity index (χ3v) is 13.3. The molecule has 3 aliphatic carbocycles. The molecule has 0 spiro atoms. The van der Waals surface area contributed by atoms with Gasteiger partial charge >= 0.3 is 18.1 Å². The van der Waals surface area contributed by atoms with Crippen LogP contribution in [0.2, 0.25) is 0 Å². The zero-order chi connectivity index (χ0) is 44.4. The molecule has 0 amide bonds. The topological polar surface area (TPSA) is 89.1 Å². The third kappa shape index (κ3) is 9.33. The molecule has 0 aliphatic heterocycles. The lowest BCUT2D eigenvalue weighted by Crippen LogP contribution is -2.20. The predicted octanol–water partition coefficient (Wildman–Crippen LogP) is 12.2. The number of fused-ring (bicyclic) bond motifs is 6. The minimum atomic E-state index is -4.43. The Hall–Kier alpha value is -5.91. The fraction of sp³-hybridized carbons (Fsp3) is 0.423. The van der Waals surface area contributed by atoms with Crippen LogP contribution in [0.25, 0.3) is 11.0 Å². The van der Waals surface area contributed by atoms with Crippen LogP contribution >= 0.6 is 0 Å². The summed E-state index contributed by atoms with van der Waals surface area (Å²) in [6, 6.07) is 22.3. The number of alkyl halides is 3. The Kier molecular flexibility index (Phi) is 12.6. The summed E-state index contributed by atoms with van der Waals surface area (Å²) in [4.78, 5) is 26.7. The van der Waals surface area contributed by atoms with Gasteiger partial charge in [-0.3, -0.25) is 9.59 Å². The van der Waals surface area contributed by atoms with Crippen LogP contribution in [0, 0.1) is 0 Å². The Balaban J connectivity index is 0.814. The Morgan fingerprint density at radius 1 is 0.594 bits per heavy atom. The van der Waals surface area contributed by atoms with Gasteiger partial charge in [0.25, 0.3) is 0 Å². The van der Waals surface area contributed by atoms with E-state index in [-0.39, 0.29) is 37.2 Å². The van der Waals surface area contributed by atoms with Gasteiger partial charge in [0.2, 0.25) is 0 Å². The van der Waals surface area contributed by atoms with Crippen LogP contribution in [0.1, 0.15) is 141 Å². The molecule has 4 heterocycles. The van der Waals surface area contributed by atoms with E-state index >= 15 is 0 Å². The Bertz CT molecular complexity index is 2660. The molecule has 4 aromatic heterocycles. The molecule has 0 N–H and O–H groups in total. The van der Waals surface area contributed by atoms with E-state index in [4.69, 9.17) is 23.7 Å². The van der Waals surface area contributed by atoms with Gasteiger partial charge in [0.15, 0.2) is 11.5 Å². The highest BCUT2D eigenvalue weighted by Crippen LogP contribution is 2.43. The molecule has 0 radical (unpaired) electrons. The van der Waals surface area contributed by atoms with Gasteiger partial charge < -0.3 is 32.5 Å². The number of hydrogen-bond acceptors (Lipinski definition) is 7. The van der Waals surface area contributed by atoms with Crippen LogP contribution in [0.5, 0.6) is 23.0 Å². The first-order valence-corrected chi connectivity index (χ1v) is 22.9. The number of rotatable bonds is 15. The summed E-state index contributed by atoms with van der Waals surface area (Å²) >= 11 is 0. The molecular formula is C52H55F3N2O7. The van der Waals surface area contributed by atoms with Crippen molar-refractivity contribution in [3.8, 4) is 23.0 Å². The quantitative estimate of drug-likeness (QED) is 0.0750. The molecule has 6 aromatic rings. The molecule has 336 valence electrons. The molecule has 2 unspecified atom stereocenters. The number of benzene rings is 2. The normalized spacial score (nSPS) is 17.6. The first kappa shape index (κ1) is 43.3. The van der Waals surface area contributed by atoms with E-state index in [2.05, 4.69) is 20.9 Å². The van der Waals surface area contributed by atoms with Gasteiger partial charge in [0, 0.05) is 46.9 Å². The molecule has 3 aliphatic rings. The Morgan fingerprint density at radius 2 is 1.12 bits per heavy atom. The highest BCUT2D eigenvalue weighted by Gasteiger charge is 2.36. The van der Waals surface area contributed by atoms with E-state index < -0.39 is 23.7 Å². The van der Waals surface area contributed by atoms with Gasteiger partial charge in [-0.25, -0.2) is 0 Å². The van der Waals surface area contributed by atoms with Crippen molar-refractivity contribution in [3.63, 3.8) is 0 Å². The monoisotopic (exact) mass is 876 g/mol. The Morgan fingerprint density at radius 3 is 1.67 bits per heavy atom. The van der Waals surface area contributed by atoms with E-state index in [0.717, 1.165) is 109 Å². The van der Waals surface area contributed by atoms with Crippen LogP contribution in [-0.4, -0.2) is 34.0 Å². The molecule has 9 nitrogen and oxygen atoms in total. The zero-order valence-electron chi connectivity index (χ0n) is 36.5. The molecule has 0 bridgehead atoms. The number of ether oxygens (including phenoxy) is 5. The molecule has 9 rings (SSSR count). The van der Waals surface area contributed by atoms with Crippen LogP contribution in [0.15, 0.2) is 85.2 Å². The van der Waals surface area contributed by atoms with Crippen LogP contribution in [-0.2, 0) is 46.6 Å². The van der Waals surface area contributed by atoms with E-state index in [1.165, 1.54) is 6.07 Å². The van der Waals surface area contributed by atoms with Crippen molar-refractivity contribution in [1.29, 1.82) is 0 Å². The van der Waals surface area contributed by atoms with E-state index in [9.17, 15) is 22.8 Å². The first-order chi connectivity index (χ1) is 31.0. The van der Waals surface area contributed by atoms with Gasteiger partial charge in [-0.1, -0.05) is 31.0 Å². The van der Waals surface area contributed by atoms with Gasteiger partial charge in [0.1, 0.15) is 24.7 Å². The van der Waals surface area contributed by atoms with Crippen molar-refractivity contribution in [2.75, 3.05) is 13.2 Å². The molecule has 1 saturated carbocycles. The van der Waals surface area contributed by atoms with Crippen LogP contribution in [0.4, 0.5) is 13.2 Å². The van der Waals surface area contributed by atoms with Crippen LogP contribution in [0.3, 0.4) is 0 Å². The van der Waals surface area contributed by atoms with E-state index in [1.54, 1.807) is 12.1 Å². The maximum absolute atomic E-state index is 14.1. The number of esters is 2. The first-order valence-electron chi connectivity index (χ1n) is 22.9. The van der Waals surface area contributed by atoms with E-state index in [0.29, 0.717) is 48.2 Å². The van der Waals surface area contributed by atoms with Gasteiger partial charge in [0.05, 0.1) is 31.6 Å². The molecule has 64 heavy (non-hydrogen) atoms. The van der Waals surface area contributed by atoms with Crippen molar-refractivity contribution in [3.05, 3.63) is 130 Å². The molecule has 0 saturated heterocycles. The minimum Gasteiger partial charge on any atom is -0.490 e. The highest BCUT2D eigenvalue weighted by molar-refractivity contribution is 5.86. The SMILES string of the molecule is CCOc1ccc(COc2ccn3c4c(cc3c2)C(CC(=O)OC(=O)CC2CCCc3c2cc2cc(OCc5ccc(C6CCCC6)c(C(F)(F)F)c5)ccn32)CCC4)cc1OCC. The van der Waals surface area contributed by atoms with Crippen molar-refractivity contribution in [2.45, 2.75) is 128 Å². The summed E-state index contributed by atoms with van der Waals surface area (Å²) < 4.78 is 75.8. The number of aromatic nitrogens is 2. The molecule has 12 heteroatoms. The average molecular weight is 877 g/mol. The average Bonchev–Trinajstić information content (AvgIpc) is 4.04. The standard InChI is InChI=1S/C52H55F3N2O7/c1-3-60-48-18-16-34(24-49(48)61-4-2)32-63-41-20-22-57-39(28-41)30-44-37(12-8-14-47(44)57)26-51(59)64-50(58)25-36-11-7-13-46-43(36)29-38-27-40(19-21-56(38)46)62-31-33-15-17-42(35-9-5-6-10-35)45(23-33)52(53,54)55/h15-24,27-30,35-37H,3-14,25-26,31-32H2,1-2H3. The van der Waals surface area contributed by atoms with Crippen molar-refractivity contribution in [2.24, 2.45) is 0 Å². The summed E-state index contributed by atoms with van der Waals surface area (Å²) in [5.74, 6) is 1.41. The van der Waals surface area contributed by atoms with Crippen molar-refractivity contribution >= 4 is 23.0 Å². The number of nitrogens with zero attached hydrogens (tertiary/aromatic N) is 2. The second-order valence-electron chi connectivity index (χ2n) is 17.5. The summed E-state index contributed by atoms with van der Waals surface area (Å²) in [5, 5.41) is 0. The number of halogens is 3. The third-order valence-electron chi connectivity index (χ3n) is 13.3. The lowest BCUT2D eigenvalue weighted by atomic mass is 9.84. The van der Waals surface area contributed by atoms with Gasteiger partial charge in [-0.15, -0.1) is 0 Å². The van der Waals surface area contributed by atoms with Gasteiger partial charge in [-0.2, -0.15) is 13.2 Å². The fourth-order valence-electron chi connectivity index (χ4n) is 10.3. The second-order valence-corrected chi connectivity index (χ2v) is 17.5. The number of hydrogen-bond donors (Lipinski definition) is 0. The lowest BCUT2D eigenvalue weighted by molar-refractivity contribution is -0.160. The number of carbonyl (C=O) groups excluding carboxylic acids is 2. The number of carbonyl (C=O) groups is 2. The summed E-state index contributed by atoms with van der Waals surface area (Å²) in [6.07, 6.45) is 8.38. The second kappa shape index (κ2) is 18.7. The van der Waals surface area contributed by atoms with Crippen molar-refractivity contribution in [1.82, 2.24) is 8.80 Å². The highest BCUT2D eigenvalue weighted by atomic mass is 19.4. The smallest absolute Gasteiger partial charge is 0.416 e. The molecule has 1 fully saturated rings. The van der Waals surface area contributed by atoms with E-state index in [1.807, 2.05) is 68.7 Å². The zero-order valence-corrected chi connectivity index (χ0v) is 36.5. The fourth-order valence-corrected chi connectivity index (χ4v) is 10.3. The summed E-state index contributed by atoms with van der Waals surface area (Å²) in [6.45, 7) is 5.34. The molecular weight excluding hydrogens is 822 g/mol. The predicted molar refractivity (Wildman–Crippen MR) is 237 cm³/mol. The molecule has 2 atom stereocenters. The summed E-state index contributed by atoms with van der Waals surface area (Å²) in [5.41, 5.74) is 7.53. The van der Waals surface area contributed by atoms with Crippen LogP contribution < -0.4 is 18.9 Å². The largest absolute Gasteiger partial charge is 0.490 e. The number of pyridine rings is 2. The minimum absolute atomic E-state index is 0.00896. The maximum atomic E-state index is 14.1. The molecule has 2 aromatic carbocycles. The summed E-state index contributed by atoms with van der Waals surface area (Å²) in [7, 11) is 0. The maximum Gasteiger partial charge on any atom is 0.416 e.